The van der Waals surface area contributed by atoms with Crippen LogP contribution in [0.15, 0.2) is 0 Å². The minimum atomic E-state index is -5.08. The summed E-state index contributed by atoms with van der Waals surface area (Å²) in [6.45, 7) is 0. The molecule has 84 valence electrons. The molecule has 0 spiro atoms. The SMILES string of the molecule is O=S(=O)(CCC1CCCC1)C(F)(F)F. The summed E-state index contributed by atoms with van der Waals surface area (Å²) in [7, 11) is -4.89. The van der Waals surface area contributed by atoms with Gasteiger partial charge in [0.25, 0.3) is 0 Å². The highest BCUT2D eigenvalue weighted by Crippen LogP contribution is 2.30. The van der Waals surface area contributed by atoms with E-state index in [9.17, 15) is 21.6 Å². The van der Waals surface area contributed by atoms with Crippen molar-refractivity contribution in [3.63, 3.8) is 0 Å². The molecular formula is C8H13F3O2S. The average molecular weight is 230 g/mol. The summed E-state index contributed by atoms with van der Waals surface area (Å²) in [5.74, 6) is -0.576. The van der Waals surface area contributed by atoms with Crippen molar-refractivity contribution < 1.29 is 21.6 Å². The van der Waals surface area contributed by atoms with Crippen LogP contribution >= 0.6 is 0 Å². The van der Waals surface area contributed by atoms with Crippen molar-refractivity contribution in [2.75, 3.05) is 5.75 Å². The molecule has 1 rings (SSSR count). The van der Waals surface area contributed by atoms with Crippen LogP contribution in [0.2, 0.25) is 0 Å². The van der Waals surface area contributed by atoms with Gasteiger partial charge in [-0.1, -0.05) is 25.7 Å². The van der Waals surface area contributed by atoms with Gasteiger partial charge in [0, 0.05) is 0 Å². The van der Waals surface area contributed by atoms with E-state index in [0.717, 1.165) is 25.7 Å². The fourth-order valence-corrected chi connectivity index (χ4v) is 2.61. The summed E-state index contributed by atoms with van der Waals surface area (Å²) in [4.78, 5) is 0. The zero-order valence-corrected chi connectivity index (χ0v) is 8.50. The molecule has 6 heteroatoms. The van der Waals surface area contributed by atoms with Crippen molar-refractivity contribution in [2.45, 2.75) is 37.6 Å². The largest absolute Gasteiger partial charge is 0.497 e. The van der Waals surface area contributed by atoms with Crippen molar-refractivity contribution in [3.05, 3.63) is 0 Å². The zero-order chi connectivity index (χ0) is 10.8. The van der Waals surface area contributed by atoms with Crippen molar-refractivity contribution in [2.24, 2.45) is 5.92 Å². The molecule has 0 bridgehead atoms. The first-order valence-electron chi connectivity index (χ1n) is 4.62. The van der Waals surface area contributed by atoms with Gasteiger partial charge in [-0.2, -0.15) is 13.2 Å². The summed E-state index contributed by atoms with van der Waals surface area (Å²) in [6.07, 6.45) is 3.91. The Kier molecular flexibility index (Phi) is 3.44. The van der Waals surface area contributed by atoms with E-state index in [1.165, 1.54) is 0 Å². The molecule has 0 saturated heterocycles. The standard InChI is InChI=1S/C8H13F3O2S/c9-8(10,11)14(12,13)6-5-7-3-1-2-4-7/h7H,1-6H2. The highest BCUT2D eigenvalue weighted by atomic mass is 32.2. The topological polar surface area (TPSA) is 34.1 Å². The Bertz CT molecular complexity index is 275. The number of hydrogen-bond donors (Lipinski definition) is 0. The molecule has 0 heterocycles. The molecule has 1 aliphatic rings. The number of alkyl halides is 3. The van der Waals surface area contributed by atoms with E-state index in [1.807, 2.05) is 0 Å². The molecule has 1 aliphatic carbocycles. The molecule has 0 aliphatic heterocycles. The van der Waals surface area contributed by atoms with Crippen molar-refractivity contribution in [3.8, 4) is 0 Å². The molecule has 1 saturated carbocycles. The van der Waals surface area contributed by atoms with Crippen LogP contribution in [0.5, 0.6) is 0 Å². The van der Waals surface area contributed by atoms with Gasteiger partial charge in [0.2, 0.25) is 9.84 Å². The van der Waals surface area contributed by atoms with E-state index >= 15 is 0 Å². The van der Waals surface area contributed by atoms with Crippen molar-refractivity contribution in [1.29, 1.82) is 0 Å². The molecule has 0 aromatic heterocycles. The number of rotatable bonds is 3. The normalized spacial score (nSPS) is 20.2. The Morgan fingerprint density at radius 1 is 1.14 bits per heavy atom. The van der Waals surface area contributed by atoms with Gasteiger partial charge in [0.15, 0.2) is 0 Å². The maximum atomic E-state index is 11.9. The zero-order valence-electron chi connectivity index (χ0n) is 7.68. The Morgan fingerprint density at radius 3 is 2.07 bits per heavy atom. The quantitative estimate of drug-likeness (QED) is 0.746. The van der Waals surface area contributed by atoms with Crippen LogP contribution < -0.4 is 0 Å². The monoisotopic (exact) mass is 230 g/mol. The first-order valence-corrected chi connectivity index (χ1v) is 6.27. The molecule has 0 amide bonds. The third-order valence-corrected chi connectivity index (χ3v) is 4.10. The maximum Gasteiger partial charge on any atom is 0.497 e. The summed E-state index contributed by atoms with van der Waals surface area (Å²) >= 11 is 0. The minimum Gasteiger partial charge on any atom is -0.220 e. The minimum absolute atomic E-state index is 0.155. The lowest BCUT2D eigenvalue weighted by Crippen LogP contribution is -2.26. The van der Waals surface area contributed by atoms with Crippen LogP contribution in [0.25, 0.3) is 0 Å². The Balaban J connectivity index is 2.44. The lowest BCUT2D eigenvalue weighted by atomic mass is 10.1. The Labute approximate surface area is 81.4 Å². The predicted octanol–water partition coefficient (Wildman–Crippen LogP) is 2.50. The van der Waals surface area contributed by atoms with E-state index in [2.05, 4.69) is 0 Å². The van der Waals surface area contributed by atoms with E-state index in [4.69, 9.17) is 0 Å². The lowest BCUT2D eigenvalue weighted by molar-refractivity contribution is -0.0436. The van der Waals surface area contributed by atoms with Gasteiger partial charge in [0.05, 0.1) is 5.75 Å². The van der Waals surface area contributed by atoms with Gasteiger partial charge in [-0.25, -0.2) is 8.42 Å². The van der Waals surface area contributed by atoms with Crippen molar-refractivity contribution in [1.82, 2.24) is 0 Å². The Morgan fingerprint density at radius 2 is 1.64 bits per heavy atom. The Hall–Kier alpha value is -0.260. The molecule has 14 heavy (non-hydrogen) atoms. The highest BCUT2D eigenvalue weighted by molar-refractivity contribution is 7.92. The molecule has 0 N–H and O–H groups in total. The van der Waals surface area contributed by atoms with Crippen LogP contribution in [-0.2, 0) is 9.84 Å². The molecule has 1 fully saturated rings. The second-order valence-electron chi connectivity index (χ2n) is 3.70. The smallest absolute Gasteiger partial charge is 0.220 e. The molecule has 2 nitrogen and oxygen atoms in total. The number of hydrogen-bond acceptors (Lipinski definition) is 2. The first kappa shape index (κ1) is 11.8. The third kappa shape index (κ3) is 2.87. The molecule has 0 radical (unpaired) electrons. The molecule has 0 atom stereocenters. The van der Waals surface area contributed by atoms with Gasteiger partial charge in [-0.05, 0) is 12.3 Å². The summed E-state index contributed by atoms with van der Waals surface area (Å²) < 4.78 is 57.1. The van der Waals surface area contributed by atoms with Crippen LogP contribution in [-0.4, -0.2) is 19.7 Å². The second-order valence-corrected chi connectivity index (χ2v) is 5.80. The van der Waals surface area contributed by atoms with E-state index in [0.29, 0.717) is 0 Å². The van der Waals surface area contributed by atoms with Crippen LogP contribution in [0, 0.1) is 5.92 Å². The van der Waals surface area contributed by atoms with Gasteiger partial charge in [-0.3, -0.25) is 0 Å². The van der Waals surface area contributed by atoms with Crippen LogP contribution in [0.3, 0.4) is 0 Å². The molecular weight excluding hydrogens is 217 g/mol. The number of sulfone groups is 1. The van der Waals surface area contributed by atoms with E-state index in [1.54, 1.807) is 0 Å². The van der Waals surface area contributed by atoms with Crippen molar-refractivity contribution >= 4 is 9.84 Å². The van der Waals surface area contributed by atoms with Gasteiger partial charge in [0.1, 0.15) is 0 Å². The van der Waals surface area contributed by atoms with Gasteiger partial charge >= 0.3 is 5.51 Å². The summed E-state index contributed by atoms with van der Waals surface area (Å²) in [5, 5.41) is 0. The lowest BCUT2D eigenvalue weighted by Gasteiger charge is -2.10. The third-order valence-electron chi connectivity index (χ3n) is 2.62. The highest BCUT2D eigenvalue weighted by Gasteiger charge is 2.45. The predicted molar refractivity (Wildman–Crippen MR) is 46.4 cm³/mol. The molecule has 0 unspecified atom stereocenters. The van der Waals surface area contributed by atoms with Crippen LogP contribution in [0.1, 0.15) is 32.1 Å². The van der Waals surface area contributed by atoms with E-state index < -0.39 is 21.1 Å². The van der Waals surface area contributed by atoms with Gasteiger partial charge < -0.3 is 0 Å². The molecule has 0 aromatic carbocycles. The summed E-state index contributed by atoms with van der Waals surface area (Å²) in [5.41, 5.74) is -5.08. The summed E-state index contributed by atoms with van der Waals surface area (Å²) in [6, 6.07) is 0. The van der Waals surface area contributed by atoms with Gasteiger partial charge in [-0.15, -0.1) is 0 Å². The van der Waals surface area contributed by atoms with E-state index in [-0.39, 0.29) is 12.3 Å². The van der Waals surface area contributed by atoms with Crippen LogP contribution in [0.4, 0.5) is 13.2 Å². The molecule has 0 aromatic rings. The fraction of sp³-hybridized carbons (Fsp3) is 1.00. The fourth-order valence-electron chi connectivity index (χ4n) is 1.74. The first-order chi connectivity index (χ1) is 6.33. The number of halogens is 3. The maximum absolute atomic E-state index is 11.9. The average Bonchev–Trinajstić information content (AvgIpc) is 2.50. The second kappa shape index (κ2) is 4.08.